The van der Waals surface area contributed by atoms with Crippen LogP contribution in [-0.2, 0) is 21.6 Å². The van der Waals surface area contributed by atoms with Gasteiger partial charge in [0.25, 0.3) is 0 Å². The highest BCUT2D eigenvalue weighted by Gasteiger charge is 2.30. The summed E-state index contributed by atoms with van der Waals surface area (Å²) in [7, 11) is 0. The van der Waals surface area contributed by atoms with Gasteiger partial charge >= 0.3 is 0 Å². The molecule has 6 heteroatoms. The van der Waals surface area contributed by atoms with Crippen molar-refractivity contribution in [3.8, 4) is 0 Å². The Kier molecular flexibility index (Phi) is 5.31. The number of amides is 1. The number of aromatic nitrogens is 1. The van der Waals surface area contributed by atoms with Gasteiger partial charge in [-0.1, -0.05) is 30.3 Å². The molecule has 0 saturated carbocycles. The lowest BCUT2D eigenvalue weighted by Gasteiger charge is -2.28. The monoisotopic (exact) mass is 340 g/mol. The number of carbonyl (C=O) groups is 1. The van der Waals surface area contributed by atoms with Crippen molar-refractivity contribution in [2.24, 2.45) is 5.73 Å². The summed E-state index contributed by atoms with van der Waals surface area (Å²) < 4.78 is 5.37. The molecule has 0 bridgehead atoms. The highest BCUT2D eigenvalue weighted by Crippen LogP contribution is 2.18. The highest BCUT2D eigenvalue weighted by atomic mass is 16.5. The van der Waals surface area contributed by atoms with E-state index in [0.717, 1.165) is 30.0 Å². The van der Waals surface area contributed by atoms with Crippen molar-refractivity contribution < 1.29 is 9.53 Å². The van der Waals surface area contributed by atoms with E-state index in [9.17, 15) is 4.79 Å². The average molecular weight is 340 g/mol. The number of hydrogen-bond donors (Lipinski definition) is 2. The second-order valence-corrected chi connectivity index (χ2v) is 6.37. The van der Waals surface area contributed by atoms with Gasteiger partial charge in [0.15, 0.2) is 0 Å². The van der Waals surface area contributed by atoms with Gasteiger partial charge in [-0.05, 0) is 30.2 Å². The van der Waals surface area contributed by atoms with Gasteiger partial charge in [0.1, 0.15) is 11.4 Å². The second-order valence-electron chi connectivity index (χ2n) is 6.37. The van der Waals surface area contributed by atoms with Crippen molar-refractivity contribution in [2.75, 3.05) is 31.2 Å². The Labute approximate surface area is 148 Å². The van der Waals surface area contributed by atoms with Gasteiger partial charge in [-0.15, -0.1) is 0 Å². The largest absolute Gasteiger partial charge is 0.378 e. The maximum atomic E-state index is 12.5. The summed E-state index contributed by atoms with van der Waals surface area (Å²) in [5.74, 6) is 0.706. The third-order valence-electron chi connectivity index (χ3n) is 4.44. The van der Waals surface area contributed by atoms with E-state index in [-0.39, 0.29) is 5.91 Å². The number of nitrogens with zero attached hydrogens (tertiary/aromatic N) is 2. The van der Waals surface area contributed by atoms with Gasteiger partial charge in [0, 0.05) is 25.8 Å². The molecule has 2 heterocycles. The second kappa shape index (κ2) is 7.63. The van der Waals surface area contributed by atoms with Gasteiger partial charge in [-0.3, -0.25) is 4.79 Å². The maximum absolute atomic E-state index is 12.5. The van der Waals surface area contributed by atoms with Crippen molar-refractivity contribution in [2.45, 2.75) is 19.0 Å². The van der Waals surface area contributed by atoms with Crippen molar-refractivity contribution in [1.29, 1.82) is 0 Å². The van der Waals surface area contributed by atoms with Crippen LogP contribution in [0.25, 0.3) is 0 Å². The number of benzene rings is 1. The van der Waals surface area contributed by atoms with E-state index in [1.54, 1.807) is 13.1 Å². The Hall–Kier alpha value is -2.44. The highest BCUT2D eigenvalue weighted by molar-refractivity contribution is 5.86. The lowest BCUT2D eigenvalue weighted by atomic mass is 9.92. The zero-order valence-corrected chi connectivity index (χ0v) is 14.4. The molecule has 0 spiro atoms. The number of carbonyl (C=O) groups excluding carboxylic acids is 1. The average Bonchev–Trinajstić information content (AvgIpc) is 2.67. The number of morpholine rings is 1. The molecule has 0 radical (unpaired) electrons. The molecule has 1 amide bonds. The Balaban J connectivity index is 1.64. The molecule has 1 aromatic heterocycles. The van der Waals surface area contributed by atoms with Crippen molar-refractivity contribution in [1.82, 2.24) is 10.3 Å². The Morgan fingerprint density at radius 3 is 2.72 bits per heavy atom. The van der Waals surface area contributed by atoms with E-state index in [1.807, 2.05) is 42.5 Å². The molecule has 1 atom stereocenters. The third kappa shape index (κ3) is 4.15. The molecule has 1 saturated heterocycles. The van der Waals surface area contributed by atoms with E-state index < -0.39 is 5.54 Å². The molecule has 1 fully saturated rings. The van der Waals surface area contributed by atoms with E-state index in [1.165, 1.54) is 0 Å². The number of nitrogens with one attached hydrogen (secondary N) is 1. The maximum Gasteiger partial charge on any atom is 0.244 e. The molecule has 1 unspecified atom stereocenters. The van der Waals surface area contributed by atoms with E-state index in [4.69, 9.17) is 10.5 Å². The molecular weight excluding hydrogens is 316 g/mol. The molecule has 1 aliphatic heterocycles. The number of pyridine rings is 1. The predicted molar refractivity (Wildman–Crippen MR) is 97.1 cm³/mol. The zero-order chi connectivity index (χ0) is 17.7. The fraction of sp³-hybridized carbons (Fsp3) is 0.368. The fourth-order valence-electron chi connectivity index (χ4n) is 2.82. The molecule has 0 aliphatic carbocycles. The van der Waals surface area contributed by atoms with Crippen LogP contribution < -0.4 is 16.0 Å². The first-order chi connectivity index (χ1) is 12.1. The Morgan fingerprint density at radius 2 is 2.00 bits per heavy atom. The molecular formula is C19H24N4O2. The van der Waals surface area contributed by atoms with Gasteiger partial charge < -0.3 is 20.7 Å². The molecule has 25 heavy (non-hydrogen) atoms. The van der Waals surface area contributed by atoms with Gasteiger partial charge in [-0.25, -0.2) is 4.98 Å². The van der Waals surface area contributed by atoms with Crippen LogP contribution in [0.4, 0.5) is 5.82 Å². The normalized spacial score (nSPS) is 17.0. The van der Waals surface area contributed by atoms with E-state index in [2.05, 4.69) is 15.2 Å². The lowest BCUT2D eigenvalue weighted by Crippen LogP contribution is -2.48. The summed E-state index contributed by atoms with van der Waals surface area (Å²) in [6.45, 7) is 5.23. The van der Waals surface area contributed by atoms with Crippen LogP contribution in [-0.4, -0.2) is 37.2 Å². The first-order valence-electron chi connectivity index (χ1n) is 8.48. The molecule has 3 rings (SSSR count). The van der Waals surface area contributed by atoms with Gasteiger partial charge in [-0.2, -0.15) is 0 Å². The number of anilines is 1. The number of ether oxygens (including phenoxy) is 1. The summed E-state index contributed by atoms with van der Waals surface area (Å²) in [6, 6.07) is 13.3. The minimum atomic E-state index is -1.07. The lowest BCUT2D eigenvalue weighted by molar-refractivity contribution is -0.126. The molecule has 1 aromatic carbocycles. The van der Waals surface area contributed by atoms with Crippen LogP contribution in [0.3, 0.4) is 0 Å². The fourth-order valence-corrected chi connectivity index (χ4v) is 2.82. The number of nitrogens with two attached hydrogens (primary N) is 1. The van der Waals surface area contributed by atoms with Crippen LogP contribution in [0.1, 0.15) is 18.1 Å². The first kappa shape index (κ1) is 17.4. The van der Waals surface area contributed by atoms with E-state index >= 15 is 0 Å². The van der Waals surface area contributed by atoms with Crippen LogP contribution in [0.5, 0.6) is 0 Å². The molecule has 2 aromatic rings. The summed E-state index contributed by atoms with van der Waals surface area (Å²) in [5, 5.41) is 2.93. The standard InChI is InChI=1S/C19H24N4O2/c1-19(20,16-5-3-2-4-6-16)18(24)22-14-15-7-8-21-17(13-15)23-9-11-25-12-10-23/h2-8,13H,9-12,14,20H2,1H3,(H,22,24). The van der Waals surface area contributed by atoms with Crippen LogP contribution in [0.15, 0.2) is 48.7 Å². The van der Waals surface area contributed by atoms with E-state index in [0.29, 0.717) is 19.8 Å². The molecule has 6 nitrogen and oxygen atoms in total. The summed E-state index contributed by atoms with van der Waals surface area (Å²) in [6.07, 6.45) is 1.77. The Morgan fingerprint density at radius 1 is 1.28 bits per heavy atom. The van der Waals surface area contributed by atoms with Crippen molar-refractivity contribution in [3.05, 3.63) is 59.8 Å². The van der Waals surface area contributed by atoms with Crippen LogP contribution >= 0.6 is 0 Å². The van der Waals surface area contributed by atoms with Crippen LogP contribution in [0.2, 0.25) is 0 Å². The van der Waals surface area contributed by atoms with Gasteiger partial charge in [0.05, 0.1) is 13.2 Å². The summed E-state index contributed by atoms with van der Waals surface area (Å²) in [4.78, 5) is 19.2. The Bertz CT molecular complexity index is 712. The van der Waals surface area contributed by atoms with Crippen molar-refractivity contribution >= 4 is 11.7 Å². The zero-order valence-electron chi connectivity index (χ0n) is 14.4. The minimum absolute atomic E-state index is 0.205. The number of hydrogen-bond acceptors (Lipinski definition) is 5. The predicted octanol–water partition coefficient (Wildman–Crippen LogP) is 1.41. The summed E-state index contributed by atoms with van der Waals surface area (Å²) in [5.41, 5.74) is 6.96. The molecule has 132 valence electrons. The number of rotatable bonds is 5. The molecule has 1 aliphatic rings. The first-order valence-corrected chi connectivity index (χ1v) is 8.48. The molecule has 3 N–H and O–H groups in total. The van der Waals surface area contributed by atoms with Crippen molar-refractivity contribution in [3.63, 3.8) is 0 Å². The minimum Gasteiger partial charge on any atom is -0.378 e. The summed E-state index contributed by atoms with van der Waals surface area (Å²) >= 11 is 0. The SMILES string of the molecule is CC(N)(C(=O)NCc1ccnc(N2CCOCC2)c1)c1ccccc1. The smallest absolute Gasteiger partial charge is 0.244 e. The topological polar surface area (TPSA) is 80.5 Å². The van der Waals surface area contributed by atoms with Crippen LogP contribution in [0, 0.1) is 0 Å². The third-order valence-corrected chi connectivity index (χ3v) is 4.44. The van der Waals surface area contributed by atoms with Gasteiger partial charge in [0.2, 0.25) is 5.91 Å². The quantitative estimate of drug-likeness (QED) is 0.860.